The molecule has 1 aromatic carbocycles. The number of rotatable bonds is 3. The molecular formula is C10H10ClNO2. The molecule has 0 unspecified atom stereocenters. The van der Waals surface area contributed by atoms with Gasteiger partial charge in [-0.15, -0.1) is 11.6 Å². The van der Waals surface area contributed by atoms with E-state index in [0.29, 0.717) is 11.3 Å². The Kier molecular flexibility index (Phi) is 3.54. The molecule has 0 heterocycles. The maximum Gasteiger partial charge on any atom is 0.255 e. The van der Waals surface area contributed by atoms with Crippen LogP contribution in [0.15, 0.2) is 36.5 Å². The van der Waals surface area contributed by atoms with Crippen LogP contribution in [-0.2, 0) is 0 Å². The third kappa shape index (κ3) is 2.78. The van der Waals surface area contributed by atoms with Crippen molar-refractivity contribution in [2.45, 2.75) is 0 Å². The van der Waals surface area contributed by atoms with Gasteiger partial charge in [-0.25, -0.2) is 0 Å². The van der Waals surface area contributed by atoms with Gasteiger partial charge in [0.2, 0.25) is 0 Å². The molecule has 0 aliphatic heterocycles. The molecule has 0 saturated carbocycles. The second-order valence-corrected chi connectivity index (χ2v) is 3.01. The maximum atomic E-state index is 11.4. The van der Waals surface area contributed by atoms with Crippen molar-refractivity contribution in [2.24, 2.45) is 0 Å². The van der Waals surface area contributed by atoms with Gasteiger partial charge in [0.25, 0.3) is 5.91 Å². The van der Waals surface area contributed by atoms with E-state index in [-0.39, 0.29) is 17.5 Å². The largest absolute Gasteiger partial charge is 0.508 e. The SMILES string of the molecule is C=C(CCl)NC(=O)c1ccc(O)cc1. The van der Waals surface area contributed by atoms with Gasteiger partial charge in [-0.3, -0.25) is 4.79 Å². The Balaban J connectivity index is 2.70. The van der Waals surface area contributed by atoms with Crippen LogP contribution in [0, 0.1) is 0 Å². The quantitative estimate of drug-likeness (QED) is 0.750. The van der Waals surface area contributed by atoms with E-state index in [9.17, 15) is 4.79 Å². The minimum Gasteiger partial charge on any atom is -0.508 e. The second-order valence-electron chi connectivity index (χ2n) is 2.74. The lowest BCUT2D eigenvalue weighted by molar-refractivity contribution is 0.0966. The zero-order valence-corrected chi connectivity index (χ0v) is 8.21. The molecule has 0 bridgehead atoms. The molecule has 74 valence electrons. The normalized spacial score (nSPS) is 9.50. The van der Waals surface area contributed by atoms with Gasteiger partial charge in [0, 0.05) is 11.3 Å². The van der Waals surface area contributed by atoms with Crippen LogP contribution >= 0.6 is 11.6 Å². The van der Waals surface area contributed by atoms with Gasteiger partial charge in [-0.2, -0.15) is 0 Å². The number of allylic oxidation sites excluding steroid dienone is 1. The number of benzene rings is 1. The number of hydrogen-bond acceptors (Lipinski definition) is 2. The number of halogens is 1. The van der Waals surface area contributed by atoms with Crippen LogP contribution < -0.4 is 5.32 Å². The summed E-state index contributed by atoms with van der Waals surface area (Å²) in [6, 6.07) is 5.93. The molecule has 0 aromatic heterocycles. The van der Waals surface area contributed by atoms with E-state index in [1.54, 1.807) is 0 Å². The number of carbonyl (C=O) groups excluding carboxylic acids is 1. The molecule has 14 heavy (non-hydrogen) atoms. The summed E-state index contributed by atoms with van der Waals surface area (Å²) in [5, 5.41) is 11.5. The minimum atomic E-state index is -0.282. The molecule has 1 rings (SSSR count). The number of aromatic hydroxyl groups is 1. The van der Waals surface area contributed by atoms with E-state index in [0.717, 1.165) is 0 Å². The van der Waals surface area contributed by atoms with E-state index in [4.69, 9.17) is 16.7 Å². The molecule has 0 radical (unpaired) electrons. The molecule has 0 aliphatic rings. The summed E-state index contributed by atoms with van der Waals surface area (Å²) in [7, 11) is 0. The average Bonchev–Trinajstić information content (AvgIpc) is 2.18. The third-order valence-electron chi connectivity index (χ3n) is 1.58. The van der Waals surface area contributed by atoms with Gasteiger partial charge in [0.15, 0.2) is 0 Å². The summed E-state index contributed by atoms with van der Waals surface area (Å²) in [4.78, 5) is 11.4. The Morgan fingerprint density at radius 3 is 2.50 bits per heavy atom. The van der Waals surface area contributed by atoms with E-state index in [1.165, 1.54) is 24.3 Å². The summed E-state index contributed by atoms with van der Waals surface area (Å²) in [5.74, 6) is 0.0254. The van der Waals surface area contributed by atoms with Crippen molar-refractivity contribution in [1.82, 2.24) is 5.32 Å². The zero-order chi connectivity index (χ0) is 10.6. The number of hydrogen-bond donors (Lipinski definition) is 2. The summed E-state index contributed by atoms with van der Waals surface area (Å²) in [6.45, 7) is 3.54. The van der Waals surface area contributed by atoms with E-state index in [1.807, 2.05) is 0 Å². The highest BCUT2D eigenvalue weighted by Crippen LogP contribution is 2.09. The molecular weight excluding hydrogens is 202 g/mol. The number of carbonyl (C=O) groups is 1. The minimum absolute atomic E-state index is 0.123. The number of amides is 1. The molecule has 1 aromatic rings. The molecule has 3 nitrogen and oxygen atoms in total. The monoisotopic (exact) mass is 211 g/mol. The first-order valence-electron chi connectivity index (χ1n) is 3.97. The van der Waals surface area contributed by atoms with Gasteiger partial charge < -0.3 is 10.4 Å². The summed E-state index contributed by atoms with van der Waals surface area (Å²) in [5.41, 5.74) is 0.902. The first-order chi connectivity index (χ1) is 6.63. The number of nitrogens with one attached hydrogen (secondary N) is 1. The van der Waals surface area contributed by atoms with Gasteiger partial charge in [0.1, 0.15) is 5.75 Å². The predicted octanol–water partition coefficient (Wildman–Crippen LogP) is 1.87. The highest BCUT2D eigenvalue weighted by Gasteiger charge is 2.05. The van der Waals surface area contributed by atoms with Crippen LogP contribution in [-0.4, -0.2) is 16.9 Å². The number of phenolic OH excluding ortho intramolecular Hbond substituents is 1. The van der Waals surface area contributed by atoms with E-state index < -0.39 is 0 Å². The van der Waals surface area contributed by atoms with Gasteiger partial charge in [0.05, 0.1) is 5.88 Å². The van der Waals surface area contributed by atoms with Gasteiger partial charge >= 0.3 is 0 Å². The van der Waals surface area contributed by atoms with Crippen LogP contribution in [0.2, 0.25) is 0 Å². The van der Waals surface area contributed by atoms with Crippen molar-refractivity contribution in [3.05, 3.63) is 42.1 Å². The highest BCUT2D eigenvalue weighted by molar-refractivity contribution is 6.19. The second kappa shape index (κ2) is 4.67. The van der Waals surface area contributed by atoms with Crippen molar-refractivity contribution >= 4 is 17.5 Å². The van der Waals surface area contributed by atoms with Gasteiger partial charge in [-0.1, -0.05) is 6.58 Å². The molecule has 0 saturated heterocycles. The fraction of sp³-hybridized carbons (Fsp3) is 0.100. The summed E-state index contributed by atoms with van der Waals surface area (Å²) < 4.78 is 0. The van der Waals surface area contributed by atoms with E-state index in [2.05, 4.69) is 11.9 Å². The lowest BCUT2D eigenvalue weighted by atomic mass is 10.2. The first kappa shape index (κ1) is 10.6. The Morgan fingerprint density at radius 2 is 2.00 bits per heavy atom. The molecule has 4 heteroatoms. The van der Waals surface area contributed by atoms with Crippen LogP contribution in [0.25, 0.3) is 0 Å². The fourth-order valence-corrected chi connectivity index (χ4v) is 0.946. The summed E-state index contributed by atoms with van der Waals surface area (Å²) >= 11 is 5.45. The molecule has 2 N–H and O–H groups in total. The smallest absolute Gasteiger partial charge is 0.255 e. The molecule has 0 spiro atoms. The standard InChI is InChI=1S/C10H10ClNO2/c1-7(6-11)12-10(14)8-2-4-9(13)5-3-8/h2-5,13H,1,6H2,(H,12,14). The maximum absolute atomic E-state index is 11.4. The van der Waals surface area contributed by atoms with Crippen molar-refractivity contribution in [1.29, 1.82) is 0 Å². The van der Waals surface area contributed by atoms with Crippen molar-refractivity contribution < 1.29 is 9.90 Å². The predicted molar refractivity (Wildman–Crippen MR) is 55.4 cm³/mol. The van der Waals surface area contributed by atoms with Crippen LogP contribution in [0.4, 0.5) is 0 Å². The fourth-order valence-electron chi connectivity index (χ4n) is 0.879. The van der Waals surface area contributed by atoms with Crippen molar-refractivity contribution in [3.8, 4) is 5.75 Å². The summed E-state index contributed by atoms with van der Waals surface area (Å²) in [6.07, 6.45) is 0. The lowest BCUT2D eigenvalue weighted by Gasteiger charge is -2.04. The van der Waals surface area contributed by atoms with Crippen LogP contribution in [0.3, 0.4) is 0 Å². The zero-order valence-electron chi connectivity index (χ0n) is 7.46. The Morgan fingerprint density at radius 1 is 1.43 bits per heavy atom. The van der Waals surface area contributed by atoms with Gasteiger partial charge in [-0.05, 0) is 24.3 Å². The average molecular weight is 212 g/mol. The topological polar surface area (TPSA) is 49.3 Å². The highest BCUT2D eigenvalue weighted by atomic mass is 35.5. The molecule has 0 atom stereocenters. The van der Waals surface area contributed by atoms with Crippen LogP contribution in [0.5, 0.6) is 5.75 Å². The Hall–Kier alpha value is -1.48. The van der Waals surface area contributed by atoms with Crippen molar-refractivity contribution in [3.63, 3.8) is 0 Å². The Labute approximate surface area is 87.0 Å². The first-order valence-corrected chi connectivity index (χ1v) is 4.51. The third-order valence-corrected chi connectivity index (χ3v) is 1.90. The number of alkyl halides is 1. The number of phenols is 1. The van der Waals surface area contributed by atoms with Crippen LogP contribution in [0.1, 0.15) is 10.4 Å². The molecule has 0 aliphatic carbocycles. The lowest BCUT2D eigenvalue weighted by Crippen LogP contribution is -2.22. The van der Waals surface area contributed by atoms with E-state index >= 15 is 0 Å². The molecule has 0 fully saturated rings. The van der Waals surface area contributed by atoms with Crippen molar-refractivity contribution in [2.75, 3.05) is 5.88 Å². The Bertz CT molecular complexity index is 346. The molecule has 1 amide bonds.